The molecule has 0 fully saturated rings. The fourth-order valence-electron chi connectivity index (χ4n) is 1.89. The van der Waals surface area contributed by atoms with Crippen molar-refractivity contribution in [2.45, 2.75) is 11.7 Å². The molecule has 6 nitrogen and oxygen atoms in total. The number of aliphatic hydroxyl groups excluding tert-OH is 1. The highest BCUT2D eigenvalue weighted by molar-refractivity contribution is 7.99. The van der Waals surface area contributed by atoms with E-state index in [4.69, 9.17) is 5.11 Å². The van der Waals surface area contributed by atoms with Crippen LogP contribution in [0.3, 0.4) is 0 Å². The van der Waals surface area contributed by atoms with Crippen LogP contribution in [0.25, 0.3) is 0 Å². The minimum Gasteiger partial charge on any atom is -0.395 e. The van der Waals surface area contributed by atoms with Crippen LogP contribution in [0.2, 0.25) is 0 Å². The van der Waals surface area contributed by atoms with Crippen molar-refractivity contribution in [1.29, 1.82) is 0 Å². The van der Waals surface area contributed by atoms with Crippen LogP contribution in [0, 0.1) is 0 Å². The van der Waals surface area contributed by atoms with Crippen molar-refractivity contribution in [3.63, 3.8) is 0 Å². The van der Waals surface area contributed by atoms with Gasteiger partial charge in [0.15, 0.2) is 5.16 Å². The van der Waals surface area contributed by atoms with Crippen molar-refractivity contribution in [3.8, 4) is 0 Å². The number of hydrogen-bond acceptors (Lipinski definition) is 5. The summed E-state index contributed by atoms with van der Waals surface area (Å²) in [5.74, 6) is 0.381. The molecule has 0 aliphatic carbocycles. The van der Waals surface area contributed by atoms with Crippen LogP contribution in [0.5, 0.6) is 0 Å². The van der Waals surface area contributed by atoms with Gasteiger partial charge in [0, 0.05) is 31.6 Å². The molecule has 0 radical (unpaired) electrons. The quantitative estimate of drug-likeness (QED) is 0.606. The summed E-state index contributed by atoms with van der Waals surface area (Å²) in [6.07, 6.45) is 2.88. The summed E-state index contributed by atoms with van der Waals surface area (Å²) in [7, 11) is 0. The van der Waals surface area contributed by atoms with Crippen molar-refractivity contribution in [2.75, 3.05) is 25.4 Å². The zero-order chi connectivity index (χ0) is 13.8. The van der Waals surface area contributed by atoms with Gasteiger partial charge in [-0.25, -0.2) is 4.98 Å². The van der Waals surface area contributed by atoms with Gasteiger partial charge in [-0.05, 0) is 0 Å². The van der Waals surface area contributed by atoms with Crippen molar-refractivity contribution in [2.24, 2.45) is 0 Å². The Morgan fingerprint density at radius 3 is 3.16 bits per heavy atom. The number of aromatic nitrogens is 2. The molecule has 1 aliphatic rings. The van der Waals surface area contributed by atoms with Gasteiger partial charge < -0.3 is 10.0 Å². The maximum Gasteiger partial charge on any atom is 0.267 e. The minimum absolute atomic E-state index is 0.0431. The molecule has 2 heterocycles. The number of rotatable bonds is 5. The molecule has 0 atom stereocenters. The average molecular weight is 281 g/mol. The second-order valence-electron chi connectivity index (χ2n) is 4.02. The standard InChI is InChI=1S/C12H15N3O3S/c1-2-3-14(4-6-16)10(17)9-8-13-12-15(11(9)18)5-7-19-12/h2,8,16H,1,3-7H2. The van der Waals surface area contributed by atoms with Crippen molar-refractivity contribution >= 4 is 17.7 Å². The van der Waals surface area contributed by atoms with Crippen molar-refractivity contribution in [3.05, 3.63) is 34.8 Å². The van der Waals surface area contributed by atoms with E-state index in [0.29, 0.717) is 11.7 Å². The summed E-state index contributed by atoms with van der Waals surface area (Å²) in [4.78, 5) is 30.0. The van der Waals surface area contributed by atoms with E-state index in [-0.39, 0.29) is 30.8 Å². The zero-order valence-electron chi connectivity index (χ0n) is 10.4. The molecular weight excluding hydrogens is 266 g/mol. The molecule has 1 amide bonds. The molecule has 19 heavy (non-hydrogen) atoms. The second kappa shape index (κ2) is 6.03. The smallest absolute Gasteiger partial charge is 0.267 e. The van der Waals surface area contributed by atoms with Gasteiger partial charge in [-0.3, -0.25) is 14.2 Å². The Labute approximate surface area is 114 Å². The van der Waals surface area contributed by atoms with Crippen LogP contribution in [0.15, 0.2) is 28.8 Å². The first-order valence-corrected chi connectivity index (χ1v) is 6.91. The first kappa shape index (κ1) is 13.8. The molecule has 1 aromatic heterocycles. The molecule has 2 rings (SSSR count). The number of carbonyl (C=O) groups excluding carboxylic acids is 1. The topological polar surface area (TPSA) is 75.4 Å². The molecule has 0 saturated carbocycles. The Morgan fingerprint density at radius 1 is 1.68 bits per heavy atom. The van der Waals surface area contributed by atoms with E-state index < -0.39 is 5.91 Å². The van der Waals surface area contributed by atoms with Crippen molar-refractivity contribution in [1.82, 2.24) is 14.5 Å². The molecule has 1 aromatic rings. The lowest BCUT2D eigenvalue weighted by molar-refractivity contribution is 0.0739. The molecule has 0 spiro atoms. The highest BCUT2D eigenvalue weighted by Gasteiger charge is 2.22. The lowest BCUT2D eigenvalue weighted by Gasteiger charge is -2.19. The van der Waals surface area contributed by atoms with E-state index in [2.05, 4.69) is 11.6 Å². The largest absolute Gasteiger partial charge is 0.395 e. The lowest BCUT2D eigenvalue weighted by atomic mass is 10.2. The van der Waals surface area contributed by atoms with Crippen LogP contribution in [-0.2, 0) is 6.54 Å². The summed E-state index contributed by atoms with van der Waals surface area (Å²) in [5, 5.41) is 9.60. The molecule has 0 bridgehead atoms. The zero-order valence-corrected chi connectivity index (χ0v) is 11.2. The summed E-state index contributed by atoms with van der Waals surface area (Å²) in [6, 6.07) is 0. The summed E-state index contributed by atoms with van der Waals surface area (Å²) < 4.78 is 1.52. The van der Waals surface area contributed by atoms with Gasteiger partial charge in [0.1, 0.15) is 5.56 Å². The van der Waals surface area contributed by atoms with Crippen LogP contribution in [0.4, 0.5) is 0 Å². The maximum absolute atomic E-state index is 12.3. The van der Waals surface area contributed by atoms with E-state index in [1.807, 2.05) is 0 Å². The summed E-state index contributed by atoms with van der Waals surface area (Å²) in [6.45, 7) is 4.44. The Kier molecular flexibility index (Phi) is 4.39. The average Bonchev–Trinajstić information content (AvgIpc) is 2.87. The first-order chi connectivity index (χ1) is 9.19. The Bertz CT molecular complexity index is 556. The molecule has 1 aliphatic heterocycles. The van der Waals surface area contributed by atoms with Crippen LogP contribution >= 0.6 is 11.8 Å². The Hall–Kier alpha value is -1.60. The van der Waals surface area contributed by atoms with Crippen molar-refractivity contribution < 1.29 is 9.90 Å². The number of amides is 1. The van der Waals surface area contributed by atoms with Crippen LogP contribution < -0.4 is 5.56 Å². The summed E-state index contributed by atoms with van der Waals surface area (Å²) >= 11 is 1.50. The monoisotopic (exact) mass is 281 g/mol. The minimum atomic E-state index is -0.418. The predicted octanol–water partition coefficient (Wildman–Crippen LogP) is -0.0305. The van der Waals surface area contributed by atoms with E-state index in [9.17, 15) is 9.59 Å². The molecule has 0 aromatic carbocycles. The number of fused-ring (bicyclic) bond motifs is 1. The Morgan fingerprint density at radius 2 is 2.47 bits per heavy atom. The van der Waals surface area contributed by atoms with Crippen LogP contribution in [-0.4, -0.2) is 50.9 Å². The number of nitrogens with zero attached hydrogens (tertiary/aromatic N) is 3. The van der Waals surface area contributed by atoms with E-state index in [0.717, 1.165) is 5.75 Å². The SMILES string of the molecule is C=CCN(CCO)C(=O)c1cnc2n(c1=O)CCS2. The highest BCUT2D eigenvalue weighted by Crippen LogP contribution is 2.20. The fourth-order valence-corrected chi connectivity index (χ4v) is 2.80. The van der Waals surface area contributed by atoms with E-state index >= 15 is 0 Å². The first-order valence-electron chi connectivity index (χ1n) is 5.92. The van der Waals surface area contributed by atoms with Gasteiger partial charge in [-0.1, -0.05) is 17.8 Å². The fraction of sp³-hybridized carbons (Fsp3) is 0.417. The van der Waals surface area contributed by atoms with Crippen LogP contribution in [0.1, 0.15) is 10.4 Å². The molecule has 0 saturated heterocycles. The number of aliphatic hydroxyl groups is 1. The lowest BCUT2D eigenvalue weighted by Crippen LogP contribution is -2.38. The van der Waals surface area contributed by atoms with Gasteiger partial charge in [0.05, 0.1) is 6.61 Å². The second-order valence-corrected chi connectivity index (χ2v) is 5.09. The third-order valence-corrected chi connectivity index (χ3v) is 3.76. The van der Waals surface area contributed by atoms with Gasteiger partial charge in [0.2, 0.25) is 0 Å². The van der Waals surface area contributed by atoms with Gasteiger partial charge >= 0.3 is 0 Å². The van der Waals surface area contributed by atoms with E-state index in [1.165, 1.54) is 27.4 Å². The third kappa shape index (κ3) is 2.71. The number of hydrogen-bond donors (Lipinski definition) is 1. The predicted molar refractivity (Wildman–Crippen MR) is 72.4 cm³/mol. The molecule has 7 heteroatoms. The summed E-state index contributed by atoms with van der Waals surface area (Å²) in [5.41, 5.74) is -0.270. The third-order valence-electron chi connectivity index (χ3n) is 2.79. The van der Waals surface area contributed by atoms with E-state index in [1.54, 1.807) is 6.08 Å². The Balaban J connectivity index is 2.33. The number of thioether (sulfide) groups is 1. The normalized spacial score (nSPS) is 13.1. The molecular formula is C12H15N3O3S. The maximum atomic E-state index is 12.3. The molecule has 102 valence electrons. The molecule has 0 unspecified atom stereocenters. The van der Waals surface area contributed by atoms with Gasteiger partial charge in [-0.2, -0.15) is 0 Å². The highest BCUT2D eigenvalue weighted by atomic mass is 32.2. The number of carbonyl (C=O) groups is 1. The molecule has 1 N–H and O–H groups in total. The van der Waals surface area contributed by atoms with Gasteiger partial charge in [0.25, 0.3) is 11.5 Å². The van der Waals surface area contributed by atoms with Gasteiger partial charge in [-0.15, -0.1) is 6.58 Å².